The summed E-state index contributed by atoms with van der Waals surface area (Å²) < 4.78 is 11.8. The molecule has 0 saturated heterocycles. The highest BCUT2D eigenvalue weighted by atomic mass is 16.7. The lowest BCUT2D eigenvalue weighted by Crippen LogP contribution is -2.50. The van der Waals surface area contributed by atoms with Gasteiger partial charge in [-0.25, -0.2) is 4.79 Å². The number of hydrogen-bond acceptors (Lipinski definition) is 3. The van der Waals surface area contributed by atoms with Crippen molar-refractivity contribution in [3.05, 3.63) is 35.4 Å². The third-order valence-corrected chi connectivity index (χ3v) is 6.36. The molecular weight excluding hydrogens is 300 g/mol. The third-order valence-electron chi connectivity index (χ3n) is 6.36. The van der Waals surface area contributed by atoms with E-state index in [1.165, 1.54) is 37.7 Å². The number of carbonyl (C=O) groups excluding carboxylic acids is 1. The van der Waals surface area contributed by atoms with E-state index in [1.54, 1.807) is 0 Å². The zero-order valence-electron chi connectivity index (χ0n) is 14.7. The van der Waals surface area contributed by atoms with E-state index in [-0.39, 0.29) is 5.97 Å². The first-order valence-electron chi connectivity index (χ1n) is 9.57. The first kappa shape index (κ1) is 16.1. The van der Waals surface area contributed by atoms with Crippen LogP contribution in [0.2, 0.25) is 0 Å². The van der Waals surface area contributed by atoms with Crippen LogP contribution in [0, 0.1) is 23.7 Å². The minimum atomic E-state index is -0.467. The van der Waals surface area contributed by atoms with Gasteiger partial charge in [-0.05, 0) is 86.8 Å². The minimum Gasteiger partial charge on any atom is -0.432 e. The van der Waals surface area contributed by atoms with Gasteiger partial charge in [-0.15, -0.1) is 0 Å². The van der Waals surface area contributed by atoms with Crippen molar-refractivity contribution in [1.29, 1.82) is 0 Å². The maximum atomic E-state index is 12.3. The molecule has 0 spiro atoms. The highest BCUT2D eigenvalue weighted by Gasteiger charge is 2.49. The van der Waals surface area contributed by atoms with Crippen LogP contribution in [0.25, 0.3) is 0 Å². The van der Waals surface area contributed by atoms with Crippen LogP contribution >= 0.6 is 0 Å². The number of rotatable bonds is 5. The summed E-state index contributed by atoms with van der Waals surface area (Å²) in [5, 5.41) is 0. The van der Waals surface area contributed by atoms with Gasteiger partial charge in [0.25, 0.3) is 0 Å². The molecule has 0 amide bonds. The van der Waals surface area contributed by atoms with Crippen LogP contribution in [-0.2, 0) is 15.9 Å². The molecule has 0 radical (unpaired) electrons. The van der Waals surface area contributed by atoms with E-state index in [2.05, 4.69) is 6.92 Å². The quantitative estimate of drug-likeness (QED) is 0.585. The first-order valence-corrected chi connectivity index (χ1v) is 9.57. The Morgan fingerprint density at radius 1 is 1.04 bits per heavy atom. The lowest BCUT2D eigenvalue weighted by atomic mass is 9.55. The van der Waals surface area contributed by atoms with Gasteiger partial charge >= 0.3 is 5.97 Å². The molecule has 4 bridgehead atoms. The predicted molar refractivity (Wildman–Crippen MR) is 92.6 cm³/mol. The van der Waals surface area contributed by atoms with Crippen LogP contribution in [0.1, 0.15) is 61.9 Å². The average molecular weight is 328 g/mol. The molecule has 0 aliphatic heterocycles. The Bertz CT molecular complexity index is 564. The summed E-state index contributed by atoms with van der Waals surface area (Å²) in [4.78, 5) is 12.3. The summed E-state index contributed by atoms with van der Waals surface area (Å²) in [6.07, 6.45) is 7.51. The number of hydrogen-bond donors (Lipinski definition) is 0. The summed E-state index contributed by atoms with van der Waals surface area (Å²) in [7, 11) is 0. The van der Waals surface area contributed by atoms with Gasteiger partial charge in [-0.2, -0.15) is 0 Å². The van der Waals surface area contributed by atoms with Crippen LogP contribution in [0.5, 0.6) is 0 Å². The average Bonchev–Trinajstić information content (AvgIpc) is 2.57. The second kappa shape index (κ2) is 6.51. The molecule has 4 aliphatic rings. The molecule has 3 nitrogen and oxygen atoms in total. The van der Waals surface area contributed by atoms with Gasteiger partial charge in [0.1, 0.15) is 0 Å². The third kappa shape index (κ3) is 3.11. The molecule has 0 heterocycles. The number of carbonyl (C=O) groups is 1. The van der Waals surface area contributed by atoms with Crippen LogP contribution in [0.3, 0.4) is 0 Å². The van der Waals surface area contributed by atoms with Crippen molar-refractivity contribution < 1.29 is 14.3 Å². The fourth-order valence-corrected chi connectivity index (χ4v) is 5.44. The SMILES string of the molecule is CCc1ccc(C(=O)OC(C)OC2C3CC4CC(C3)CC2C4)cc1. The lowest BCUT2D eigenvalue weighted by molar-refractivity contribution is -0.201. The van der Waals surface area contributed by atoms with Crippen LogP contribution in [-0.4, -0.2) is 18.4 Å². The fraction of sp³-hybridized carbons (Fsp3) is 0.667. The standard InChI is InChI=1S/C21H28O3/c1-3-14-4-6-17(7-5-14)21(22)24-13(2)23-20-18-9-15-8-16(11-18)12-19(20)10-15/h4-7,13,15-16,18-20H,3,8-12H2,1-2H3. The van der Waals surface area contributed by atoms with Gasteiger partial charge < -0.3 is 9.47 Å². The molecule has 3 heteroatoms. The van der Waals surface area contributed by atoms with Crippen molar-refractivity contribution in [2.75, 3.05) is 0 Å². The second-order valence-electron chi connectivity index (χ2n) is 8.05. The van der Waals surface area contributed by atoms with Gasteiger partial charge in [0, 0.05) is 0 Å². The topological polar surface area (TPSA) is 35.5 Å². The molecule has 1 aromatic carbocycles. The van der Waals surface area contributed by atoms with Crippen LogP contribution < -0.4 is 0 Å². The van der Waals surface area contributed by atoms with E-state index in [9.17, 15) is 4.79 Å². The smallest absolute Gasteiger partial charge is 0.340 e. The number of benzene rings is 1. The lowest BCUT2D eigenvalue weighted by Gasteiger charge is -2.54. The summed E-state index contributed by atoms with van der Waals surface area (Å²) in [6.45, 7) is 3.97. The highest BCUT2D eigenvalue weighted by molar-refractivity contribution is 5.89. The van der Waals surface area contributed by atoms with E-state index in [4.69, 9.17) is 9.47 Å². The van der Waals surface area contributed by atoms with Crippen molar-refractivity contribution in [1.82, 2.24) is 0 Å². The van der Waals surface area contributed by atoms with Crippen LogP contribution in [0.15, 0.2) is 24.3 Å². The normalized spacial score (nSPS) is 35.0. The van der Waals surface area contributed by atoms with Crippen molar-refractivity contribution >= 4 is 5.97 Å². The molecule has 4 fully saturated rings. The molecule has 1 atom stereocenters. The van der Waals surface area contributed by atoms with E-state index in [1.807, 2.05) is 31.2 Å². The Hall–Kier alpha value is -1.35. The summed E-state index contributed by atoms with van der Waals surface area (Å²) >= 11 is 0. The first-order chi connectivity index (χ1) is 11.6. The van der Waals surface area contributed by atoms with Gasteiger partial charge in [0.2, 0.25) is 6.29 Å². The van der Waals surface area contributed by atoms with Gasteiger partial charge in [-0.3, -0.25) is 0 Å². The van der Waals surface area contributed by atoms with Gasteiger partial charge in [0.15, 0.2) is 0 Å². The number of aryl methyl sites for hydroxylation is 1. The molecule has 4 saturated carbocycles. The Morgan fingerprint density at radius 3 is 2.17 bits per heavy atom. The molecule has 0 aromatic heterocycles. The Morgan fingerprint density at radius 2 is 1.62 bits per heavy atom. The summed E-state index contributed by atoms with van der Waals surface area (Å²) in [5.74, 6) is 2.95. The molecule has 1 unspecified atom stereocenters. The maximum absolute atomic E-state index is 12.3. The van der Waals surface area contributed by atoms with E-state index in [0.717, 1.165) is 18.3 Å². The highest BCUT2D eigenvalue weighted by Crippen LogP contribution is 2.54. The Balaban J connectivity index is 1.34. The van der Waals surface area contributed by atoms with E-state index in [0.29, 0.717) is 23.5 Å². The van der Waals surface area contributed by atoms with Crippen molar-refractivity contribution in [3.8, 4) is 0 Å². The molecule has 4 aliphatic carbocycles. The fourth-order valence-electron chi connectivity index (χ4n) is 5.44. The monoisotopic (exact) mass is 328 g/mol. The molecule has 24 heavy (non-hydrogen) atoms. The van der Waals surface area contributed by atoms with Gasteiger partial charge in [0.05, 0.1) is 11.7 Å². The van der Waals surface area contributed by atoms with Crippen LogP contribution in [0.4, 0.5) is 0 Å². The molecule has 130 valence electrons. The Kier molecular flexibility index (Phi) is 4.38. The number of esters is 1. The minimum absolute atomic E-state index is 0.283. The van der Waals surface area contributed by atoms with Crippen molar-refractivity contribution in [2.24, 2.45) is 23.7 Å². The molecule has 0 N–H and O–H groups in total. The predicted octanol–water partition coefficient (Wildman–Crippen LogP) is 4.59. The second-order valence-corrected chi connectivity index (χ2v) is 8.05. The molecule has 1 aromatic rings. The number of ether oxygens (including phenoxy) is 2. The molecular formula is C21H28O3. The van der Waals surface area contributed by atoms with E-state index >= 15 is 0 Å². The summed E-state index contributed by atoms with van der Waals surface area (Å²) in [5.41, 5.74) is 1.83. The maximum Gasteiger partial charge on any atom is 0.340 e. The summed E-state index contributed by atoms with van der Waals surface area (Å²) in [6, 6.07) is 7.66. The molecule has 5 rings (SSSR count). The largest absolute Gasteiger partial charge is 0.432 e. The van der Waals surface area contributed by atoms with E-state index < -0.39 is 6.29 Å². The van der Waals surface area contributed by atoms with Crippen molar-refractivity contribution in [2.45, 2.75) is 64.8 Å². The zero-order chi connectivity index (χ0) is 16.7. The Labute approximate surface area is 144 Å². The van der Waals surface area contributed by atoms with Crippen molar-refractivity contribution in [3.63, 3.8) is 0 Å². The van der Waals surface area contributed by atoms with Gasteiger partial charge in [-0.1, -0.05) is 19.1 Å². The zero-order valence-corrected chi connectivity index (χ0v) is 14.7.